The third-order valence-electron chi connectivity index (χ3n) is 2.24. The van der Waals surface area contributed by atoms with E-state index < -0.39 is 11.7 Å². The van der Waals surface area contributed by atoms with E-state index in [-0.39, 0.29) is 0 Å². The molecule has 0 saturated carbocycles. The lowest BCUT2D eigenvalue weighted by molar-refractivity contribution is -0.118. The fourth-order valence-corrected chi connectivity index (χ4v) is 1.35. The van der Waals surface area contributed by atoms with E-state index in [1.54, 1.807) is 25.5 Å². The molecule has 0 atom stereocenters. The number of allylic oxidation sites excluding steroid dienone is 1. The van der Waals surface area contributed by atoms with E-state index in [0.717, 1.165) is 0 Å². The van der Waals surface area contributed by atoms with Crippen molar-refractivity contribution in [2.75, 3.05) is 6.54 Å². The molecule has 94 valence electrons. The van der Waals surface area contributed by atoms with Crippen LogP contribution >= 0.6 is 12.2 Å². The summed E-state index contributed by atoms with van der Waals surface area (Å²) in [5, 5.41) is 9.09. The summed E-state index contributed by atoms with van der Waals surface area (Å²) in [5.41, 5.74) is 0.362. The lowest BCUT2D eigenvalue weighted by atomic mass is 10.3. The van der Waals surface area contributed by atoms with Crippen molar-refractivity contribution < 1.29 is 9.18 Å². The van der Waals surface area contributed by atoms with Gasteiger partial charge in [0, 0.05) is 20.0 Å². The number of aromatic amines is 1. The van der Waals surface area contributed by atoms with Gasteiger partial charge in [-0.15, -0.1) is 0 Å². The van der Waals surface area contributed by atoms with Gasteiger partial charge in [-0.25, -0.2) is 4.39 Å². The highest BCUT2D eigenvalue weighted by molar-refractivity contribution is 7.71. The average molecular weight is 258 g/mol. The Bertz CT molecular complexity index is 499. The maximum atomic E-state index is 13.2. The summed E-state index contributed by atoms with van der Waals surface area (Å²) in [6, 6.07) is 0. The number of hydrogen-bond donors (Lipinski definition) is 2. The van der Waals surface area contributed by atoms with Crippen molar-refractivity contribution in [2.45, 2.75) is 20.3 Å². The Kier molecular flexibility index (Phi) is 4.56. The zero-order chi connectivity index (χ0) is 13.0. The first-order valence-corrected chi connectivity index (χ1v) is 5.55. The summed E-state index contributed by atoms with van der Waals surface area (Å²) in [4.78, 5) is 11.3. The number of carbonyl (C=O) groups excluding carboxylic acids is 1. The zero-order valence-corrected chi connectivity index (χ0v) is 10.8. The number of H-pyrrole nitrogens is 1. The Labute approximate surface area is 104 Å². The van der Waals surface area contributed by atoms with E-state index in [0.29, 0.717) is 29.1 Å². The SMILES string of the molecule is CC(C)=C(F)C(=O)NCCc1n[nH]c(=S)n1C. The van der Waals surface area contributed by atoms with E-state index in [1.807, 2.05) is 0 Å². The molecule has 0 radical (unpaired) electrons. The molecule has 0 unspecified atom stereocenters. The van der Waals surface area contributed by atoms with Gasteiger partial charge < -0.3 is 9.88 Å². The van der Waals surface area contributed by atoms with Crippen molar-refractivity contribution in [1.82, 2.24) is 20.1 Å². The molecular weight excluding hydrogens is 243 g/mol. The Morgan fingerprint density at radius 2 is 2.24 bits per heavy atom. The number of halogens is 1. The van der Waals surface area contributed by atoms with Crippen LogP contribution in [0.15, 0.2) is 11.4 Å². The van der Waals surface area contributed by atoms with Crippen LogP contribution < -0.4 is 5.32 Å². The highest BCUT2D eigenvalue weighted by Crippen LogP contribution is 2.04. The topological polar surface area (TPSA) is 62.7 Å². The lowest BCUT2D eigenvalue weighted by Crippen LogP contribution is -2.27. The zero-order valence-electron chi connectivity index (χ0n) is 10.0. The number of rotatable bonds is 4. The van der Waals surface area contributed by atoms with Crippen LogP contribution in [0.5, 0.6) is 0 Å². The van der Waals surface area contributed by atoms with E-state index in [2.05, 4.69) is 15.5 Å². The summed E-state index contributed by atoms with van der Waals surface area (Å²) in [5.74, 6) is -0.713. The Hall–Kier alpha value is -1.50. The van der Waals surface area contributed by atoms with E-state index in [9.17, 15) is 9.18 Å². The molecule has 0 bridgehead atoms. The summed E-state index contributed by atoms with van der Waals surface area (Å²) in [7, 11) is 1.78. The monoisotopic (exact) mass is 258 g/mol. The minimum absolute atomic E-state index is 0.313. The van der Waals surface area contributed by atoms with E-state index in [4.69, 9.17) is 12.2 Å². The van der Waals surface area contributed by atoms with Gasteiger partial charge in [-0.2, -0.15) is 5.10 Å². The van der Waals surface area contributed by atoms with Crippen molar-refractivity contribution in [1.29, 1.82) is 0 Å². The van der Waals surface area contributed by atoms with Crippen molar-refractivity contribution in [3.8, 4) is 0 Å². The summed E-state index contributed by atoms with van der Waals surface area (Å²) in [6.45, 7) is 3.41. The smallest absolute Gasteiger partial charge is 0.279 e. The van der Waals surface area contributed by atoms with Crippen LogP contribution in [0.25, 0.3) is 0 Å². The number of nitrogens with one attached hydrogen (secondary N) is 2. The maximum absolute atomic E-state index is 13.2. The van der Waals surface area contributed by atoms with Crippen LogP contribution in [-0.2, 0) is 18.3 Å². The molecule has 0 aliphatic carbocycles. The quantitative estimate of drug-likeness (QED) is 0.634. The van der Waals surface area contributed by atoms with Gasteiger partial charge in [0.1, 0.15) is 5.82 Å². The second kappa shape index (κ2) is 5.72. The molecule has 17 heavy (non-hydrogen) atoms. The molecule has 1 amide bonds. The third kappa shape index (κ3) is 3.48. The number of aromatic nitrogens is 3. The first kappa shape index (κ1) is 13.6. The molecular formula is C10H15FN4OS. The van der Waals surface area contributed by atoms with Crippen molar-refractivity contribution in [3.63, 3.8) is 0 Å². The molecule has 1 aromatic heterocycles. The normalized spacial score (nSPS) is 10.1. The second-order valence-electron chi connectivity index (χ2n) is 3.82. The van der Waals surface area contributed by atoms with Gasteiger partial charge in [0.05, 0.1) is 0 Å². The standard InChI is InChI=1S/C10H15FN4OS/c1-6(2)8(11)9(16)12-5-4-7-13-14-10(17)15(7)3/h4-5H2,1-3H3,(H,12,16)(H,14,17). The molecule has 0 aliphatic heterocycles. The molecule has 5 nitrogen and oxygen atoms in total. The highest BCUT2D eigenvalue weighted by atomic mass is 32.1. The molecule has 0 spiro atoms. The molecule has 0 saturated heterocycles. The van der Waals surface area contributed by atoms with Gasteiger partial charge in [0.25, 0.3) is 5.91 Å². The molecule has 0 fully saturated rings. The number of carbonyl (C=O) groups is 1. The van der Waals surface area contributed by atoms with E-state index in [1.165, 1.54) is 0 Å². The Balaban J connectivity index is 2.49. The second-order valence-corrected chi connectivity index (χ2v) is 4.21. The van der Waals surface area contributed by atoms with Gasteiger partial charge in [-0.3, -0.25) is 9.89 Å². The minimum Gasteiger partial charge on any atom is -0.350 e. The molecule has 1 rings (SSSR count). The number of nitrogens with zero attached hydrogens (tertiary/aromatic N) is 2. The molecule has 0 aliphatic rings. The van der Waals surface area contributed by atoms with Crippen molar-refractivity contribution >= 4 is 18.1 Å². The van der Waals surface area contributed by atoms with Crippen LogP contribution in [0.2, 0.25) is 0 Å². The minimum atomic E-state index is -0.736. The average Bonchev–Trinajstić information content (AvgIpc) is 2.59. The fourth-order valence-electron chi connectivity index (χ4n) is 1.20. The van der Waals surface area contributed by atoms with Gasteiger partial charge in [0.2, 0.25) is 0 Å². The van der Waals surface area contributed by atoms with Crippen molar-refractivity contribution in [3.05, 3.63) is 22.0 Å². The number of hydrogen-bond acceptors (Lipinski definition) is 3. The Morgan fingerprint density at radius 1 is 1.59 bits per heavy atom. The highest BCUT2D eigenvalue weighted by Gasteiger charge is 2.10. The first-order chi connectivity index (χ1) is 7.93. The summed E-state index contributed by atoms with van der Waals surface area (Å²) in [6.07, 6.45) is 0.491. The van der Waals surface area contributed by atoms with Crippen LogP contribution in [0.3, 0.4) is 0 Å². The largest absolute Gasteiger partial charge is 0.350 e. The molecule has 2 N–H and O–H groups in total. The molecule has 7 heteroatoms. The van der Waals surface area contributed by atoms with Crippen LogP contribution in [0.1, 0.15) is 19.7 Å². The molecule has 1 heterocycles. The summed E-state index contributed by atoms with van der Waals surface area (Å²) < 4.78 is 15.4. The van der Waals surface area contributed by atoms with E-state index >= 15 is 0 Å². The third-order valence-corrected chi connectivity index (χ3v) is 2.61. The van der Waals surface area contributed by atoms with Crippen molar-refractivity contribution in [2.24, 2.45) is 7.05 Å². The fraction of sp³-hybridized carbons (Fsp3) is 0.500. The summed E-state index contributed by atoms with van der Waals surface area (Å²) >= 11 is 4.94. The Morgan fingerprint density at radius 3 is 2.71 bits per heavy atom. The van der Waals surface area contributed by atoms with Gasteiger partial charge in [0.15, 0.2) is 10.6 Å². The number of amides is 1. The van der Waals surface area contributed by atoms with Crippen LogP contribution in [0.4, 0.5) is 4.39 Å². The maximum Gasteiger partial charge on any atom is 0.279 e. The predicted octanol–water partition coefficient (Wildman–Crippen LogP) is 1.40. The van der Waals surface area contributed by atoms with Gasteiger partial charge in [-0.05, 0) is 31.6 Å². The first-order valence-electron chi connectivity index (χ1n) is 5.15. The van der Waals surface area contributed by atoms with Gasteiger partial charge in [-0.1, -0.05) is 0 Å². The van der Waals surface area contributed by atoms with Crippen LogP contribution in [0, 0.1) is 4.77 Å². The van der Waals surface area contributed by atoms with Gasteiger partial charge >= 0.3 is 0 Å². The lowest BCUT2D eigenvalue weighted by Gasteiger charge is -2.04. The molecule has 0 aromatic carbocycles. The predicted molar refractivity (Wildman–Crippen MR) is 64.6 cm³/mol. The van der Waals surface area contributed by atoms with Crippen LogP contribution in [-0.4, -0.2) is 27.2 Å². The molecule has 1 aromatic rings.